The minimum absolute atomic E-state index is 0.127. The van der Waals surface area contributed by atoms with Crippen LogP contribution in [0.3, 0.4) is 0 Å². The largest absolute Gasteiger partial charge is 0.486 e. The first kappa shape index (κ1) is 17.6. The van der Waals surface area contributed by atoms with Crippen molar-refractivity contribution in [3.63, 3.8) is 0 Å². The summed E-state index contributed by atoms with van der Waals surface area (Å²) >= 11 is 0. The van der Waals surface area contributed by atoms with Gasteiger partial charge < -0.3 is 14.8 Å². The Balaban J connectivity index is 1.39. The molecule has 1 fully saturated rings. The van der Waals surface area contributed by atoms with Crippen molar-refractivity contribution in [2.75, 3.05) is 13.2 Å². The first-order valence-electron chi connectivity index (χ1n) is 9.56. The van der Waals surface area contributed by atoms with E-state index >= 15 is 0 Å². The highest BCUT2D eigenvalue weighted by Gasteiger charge is 2.49. The summed E-state index contributed by atoms with van der Waals surface area (Å²) in [7, 11) is 0. The fraction of sp³-hybridized carbons (Fsp3) is 0.217. The predicted octanol–water partition coefficient (Wildman–Crippen LogP) is 3.45. The Hall–Kier alpha value is -3.54. The minimum atomic E-state index is -1.12. The number of rotatable bonds is 3. The van der Waals surface area contributed by atoms with Crippen molar-refractivity contribution in [2.45, 2.75) is 18.6 Å². The Kier molecular flexibility index (Phi) is 3.94. The van der Waals surface area contributed by atoms with Crippen LogP contribution in [0.5, 0.6) is 11.5 Å². The number of para-hydroxylation sites is 2. The summed E-state index contributed by atoms with van der Waals surface area (Å²) in [6, 6.07) is 20.7. The summed E-state index contributed by atoms with van der Waals surface area (Å²) in [5.41, 5.74) is -0.364. The molecule has 6 nitrogen and oxygen atoms in total. The summed E-state index contributed by atoms with van der Waals surface area (Å²) in [5, 5.41) is 4.96. The number of nitrogens with zero attached hydrogens (tertiary/aromatic N) is 1. The lowest BCUT2D eigenvalue weighted by Gasteiger charge is -2.29. The highest BCUT2D eigenvalue weighted by Crippen LogP contribution is 2.34. The lowest BCUT2D eigenvalue weighted by Crippen LogP contribution is -2.45. The molecule has 2 aliphatic heterocycles. The lowest BCUT2D eigenvalue weighted by molar-refractivity contribution is -0.132. The number of carbonyl (C=O) groups is 2. The van der Waals surface area contributed by atoms with Crippen LogP contribution in [0.4, 0.5) is 4.79 Å². The summed E-state index contributed by atoms with van der Waals surface area (Å²) in [4.78, 5) is 27.1. The Morgan fingerprint density at radius 2 is 1.72 bits per heavy atom. The molecule has 0 unspecified atom stereocenters. The fourth-order valence-electron chi connectivity index (χ4n) is 3.92. The molecule has 5 rings (SSSR count). The molecule has 1 N–H and O–H groups in total. The van der Waals surface area contributed by atoms with Crippen molar-refractivity contribution >= 4 is 22.7 Å². The van der Waals surface area contributed by atoms with Crippen molar-refractivity contribution in [1.29, 1.82) is 0 Å². The second kappa shape index (κ2) is 6.51. The Morgan fingerprint density at radius 1 is 1.00 bits per heavy atom. The molecule has 2 aliphatic rings. The Morgan fingerprint density at radius 3 is 2.55 bits per heavy atom. The van der Waals surface area contributed by atoms with Gasteiger partial charge in [0.15, 0.2) is 17.6 Å². The molecule has 0 bridgehead atoms. The van der Waals surface area contributed by atoms with Gasteiger partial charge in [-0.25, -0.2) is 4.79 Å². The van der Waals surface area contributed by atoms with Crippen LogP contribution in [0.2, 0.25) is 0 Å². The third kappa shape index (κ3) is 2.88. The molecule has 1 saturated heterocycles. The van der Waals surface area contributed by atoms with E-state index in [0.717, 1.165) is 16.3 Å². The normalized spacial score (nSPS) is 23.3. The van der Waals surface area contributed by atoms with Crippen LogP contribution in [-0.4, -0.2) is 36.1 Å². The number of urea groups is 1. The standard InChI is InChI=1S/C23H20N2O4/c1-23(17-11-10-15-6-2-3-7-16(15)12-17)21(26)25(22(27)24-23)13-18-14-28-19-8-4-5-9-20(19)29-18/h2-12,18H,13-14H2,1H3,(H,24,27)/t18-,23+/m1/s1. The van der Waals surface area contributed by atoms with E-state index in [1.165, 1.54) is 4.90 Å². The number of fused-ring (bicyclic) bond motifs is 2. The maximum Gasteiger partial charge on any atom is 0.325 e. The molecule has 0 radical (unpaired) electrons. The van der Waals surface area contributed by atoms with Gasteiger partial charge in [-0.15, -0.1) is 0 Å². The number of carbonyl (C=O) groups excluding carboxylic acids is 2. The second-order valence-corrected chi connectivity index (χ2v) is 7.53. The van der Waals surface area contributed by atoms with Crippen LogP contribution in [-0.2, 0) is 10.3 Å². The molecular formula is C23H20N2O4. The average Bonchev–Trinajstić information content (AvgIpc) is 2.97. The highest BCUT2D eigenvalue weighted by molar-refractivity contribution is 6.07. The molecule has 6 heteroatoms. The minimum Gasteiger partial charge on any atom is -0.486 e. The monoisotopic (exact) mass is 388 g/mol. The van der Waals surface area contributed by atoms with Gasteiger partial charge in [-0.3, -0.25) is 9.69 Å². The maximum atomic E-state index is 13.2. The maximum absolute atomic E-state index is 13.2. The molecule has 2 atom stereocenters. The molecule has 3 amide bonds. The van der Waals surface area contributed by atoms with Crippen molar-refractivity contribution in [1.82, 2.24) is 10.2 Å². The number of ether oxygens (including phenoxy) is 2. The zero-order chi connectivity index (χ0) is 20.0. The van der Waals surface area contributed by atoms with E-state index in [1.54, 1.807) is 6.92 Å². The van der Waals surface area contributed by atoms with E-state index in [0.29, 0.717) is 11.5 Å². The van der Waals surface area contributed by atoms with Gasteiger partial charge in [0.05, 0.1) is 6.54 Å². The van der Waals surface area contributed by atoms with Crippen LogP contribution in [0.15, 0.2) is 66.7 Å². The van der Waals surface area contributed by atoms with Crippen LogP contribution in [0.25, 0.3) is 10.8 Å². The molecule has 29 heavy (non-hydrogen) atoms. The SMILES string of the molecule is C[C@@]1(c2ccc3ccccc3c2)NC(=O)N(C[C@@H]2COc3ccccc3O2)C1=O. The smallest absolute Gasteiger partial charge is 0.325 e. The van der Waals surface area contributed by atoms with E-state index in [4.69, 9.17) is 9.47 Å². The van der Waals surface area contributed by atoms with Crippen LogP contribution in [0.1, 0.15) is 12.5 Å². The summed E-state index contributed by atoms with van der Waals surface area (Å²) in [6.45, 7) is 2.15. The van der Waals surface area contributed by atoms with Gasteiger partial charge in [-0.1, -0.05) is 48.5 Å². The molecule has 146 valence electrons. The molecule has 0 spiro atoms. The zero-order valence-electron chi connectivity index (χ0n) is 15.9. The number of amides is 3. The number of hydrogen-bond donors (Lipinski definition) is 1. The Labute approximate surface area is 168 Å². The van der Waals surface area contributed by atoms with Crippen molar-refractivity contribution in [3.05, 3.63) is 72.3 Å². The van der Waals surface area contributed by atoms with E-state index < -0.39 is 17.7 Å². The van der Waals surface area contributed by atoms with Gasteiger partial charge in [-0.05, 0) is 41.5 Å². The summed E-state index contributed by atoms with van der Waals surface area (Å²) in [6.07, 6.45) is -0.418. The molecular weight excluding hydrogens is 368 g/mol. The highest BCUT2D eigenvalue weighted by atomic mass is 16.6. The van der Waals surface area contributed by atoms with Crippen LogP contribution >= 0.6 is 0 Å². The molecule has 0 aromatic heterocycles. The number of benzene rings is 3. The van der Waals surface area contributed by atoms with Crippen molar-refractivity contribution in [2.24, 2.45) is 0 Å². The lowest BCUT2D eigenvalue weighted by atomic mass is 9.90. The molecule has 2 heterocycles. The van der Waals surface area contributed by atoms with Gasteiger partial charge >= 0.3 is 6.03 Å². The van der Waals surface area contributed by atoms with E-state index in [-0.39, 0.29) is 19.1 Å². The van der Waals surface area contributed by atoms with E-state index in [9.17, 15) is 9.59 Å². The molecule has 3 aromatic rings. The van der Waals surface area contributed by atoms with Crippen molar-refractivity contribution in [3.8, 4) is 11.5 Å². The zero-order valence-corrected chi connectivity index (χ0v) is 15.9. The topological polar surface area (TPSA) is 67.9 Å². The third-order valence-corrected chi connectivity index (χ3v) is 5.56. The van der Waals surface area contributed by atoms with Gasteiger partial charge in [0.25, 0.3) is 5.91 Å². The fourth-order valence-corrected chi connectivity index (χ4v) is 3.92. The third-order valence-electron chi connectivity index (χ3n) is 5.56. The Bertz CT molecular complexity index is 1130. The van der Waals surface area contributed by atoms with E-state index in [1.807, 2.05) is 66.7 Å². The van der Waals surface area contributed by atoms with E-state index in [2.05, 4.69) is 5.32 Å². The molecule has 0 saturated carbocycles. The number of nitrogens with one attached hydrogen (secondary N) is 1. The first-order chi connectivity index (χ1) is 14.0. The predicted molar refractivity (Wildman–Crippen MR) is 108 cm³/mol. The van der Waals surface area contributed by atoms with Gasteiger partial charge in [-0.2, -0.15) is 0 Å². The molecule has 3 aromatic carbocycles. The van der Waals surface area contributed by atoms with Crippen LogP contribution in [0, 0.1) is 0 Å². The second-order valence-electron chi connectivity index (χ2n) is 7.53. The number of hydrogen-bond acceptors (Lipinski definition) is 4. The summed E-state index contributed by atoms with van der Waals surface area (Å²) in [5.74, 6) is 0.996. The number of imide groups is 1. The molecule has 0 aliphatic carbocycles. The first-order valence-corrected chi connectivity index (χ1v) is 9.56. The average molecular weight is 388 g/mol. The van der Waals surface area contributed by atoms with Gasteiger partial charge in [0.2, 0.25) is 0 Å². The van der Waals surface area contributed by atoms with Crippen molar-refractivity contribution < 1.29 is 19.1 Å². The van der Waals surface area contributed by atoms with Crippen LogP contribution < -0.4 is 14.8 Å². The van der Waals surface area contributed by atoms with Gasteiger partial charge in [0, 0.05) is 0 Å². The quantitative estimate of drug-likeness (QED) is 0.698. The van der Waals surface area contributed by atoms with Gasteiger partial charge in [0.1, 0.15) is 12.1 Å². The summed E-state index contributed by atoms with van der Waals surface area (Å²) < 4.78 is 11.6.